The zero-order valence-corrected chi connectivity index (χ0v) is 14.7. The minimum absolute atomic E-state index is 0.0439. The molecule has 0 saturated heterocycles. The van der Waals surface area contributed by atoms with E-state index in [9.17, 15) is 4.79 Å². The van der Waals surface area contributed by atoms with Crippen LogP contribution in [0.2, 0.25) is 0 Å². The molecule has 4 aromatic carbocycles. The van der Waals surface area contributed by atoms with Crippen molar-refractivity contribution in [3.8, 4) is 5.69 Å². The van der Waals surface area contributed by atoms with E-state index in [1.54, 1.807) is 0 Å². The van der Waals surface area contributed by atoms with E-state index in [0.717, 1.165) is 22.1 Å². The molecular weight excluding hydrogens is 330 g/mol. The summed E-state index contributed by atoms with van der Waals surface area (Å²) in [6.07, 6.45) is 0. The van der Waals surface area contributed by atoms with Crippen LogP contribution in [0.1, 0.15) is 15.9 Å². The number of carbonyl (C=O) groups is 1. The van der Waals surface area contributed by atoms with E-state index in [0.29, 0.717) is 11.1 Å². The monoisotopic (exact) mass is 347 g/mol. The number of carbonyl (C=O) groups excluding carboxylic acids is 1. The van der Waals surface area contributed by atoms with Gasteiger partial charge in [0.05, 0.1) is 11.0 Å². The first kappa shape index (κ1) is 15.6. The summed E-state index contributed by atoms with van der Waals surface area (Å²) >= 11 is 0. The summed E-state index contributed by atoms with van der Waals surface area (Å²) in [4.78, 5) is 12.9. The largest absolute Gasteiger partial charge is 0.309 e. The third kappa shape index (κ3) is 2.54. The molecule has 2 nitrogen and oxygen atoms in total. The molecule has 0 spiro atoms. The lowest BCUT2D eigenvalue weighted by Gasteiger charge is -2.08. The van der Waals surface area contributed by atoms with Crippen LogP contribution in [0.4, 0.5) is 0 Å². The predicted molar refractivity (Wildman–Crippen MR) is 111 cm³/mol. The van der Waals surface area contributed by atoms with Gasteiger partial charge in [0.1, 0.15) is 0 Å². The van der Waals surface area contributed by atoms with Gasteiger partial charge in [-0.25, -0.2) is 0 Å². The second-order valence-electron chi connectivity index (χ2n) is 6.62. The van der Waals surface area contributed by atoms with Gasteiger partial charge in [0.2, 0.25) is 0 Å². The van der Waals surface area contributed by atoms with E-state index in [2.05, 4.69) is 47.0 Å². The Morgan fingerprint density at radius 1 is 0.556 bits per heavy atom. The van der Waals surface area contributed by atoms with Crippen LogP contribution in [0.5, 0.6) is 0 Å². The SMILES string of the molecule is O=C(c1ccccc1)c1ccc2c3ccccc3n(-c3ccccc3)c2c1. The fourth-order valence-corrected chi connectivity index (χ4v) is 3.72. The van der Waals surface area contributed by atoms with E-state index in [1.807, 2.05) is 60.7 Å². The lowest BCUT2D eigenvalue weighted by Crippen LogP contribution is -2.01. The van der Waals surface area contributed by atoms with Gasteiger partial charge in [0.25, 0.3) is 0 Å². The Hall–Kier alpha value is -3.65. The molecule has 0 amide bonds. The average Bonchev–Trinajstić information content (AvgIpc) is 3.08. The van der Waals surface area contributed by atoms with Gasteiger partial charge in [0, 0.05) is 27.6 Å². The normalized spacial score (nSPS) is 11.1. The van der Waals surface area contributed by atoms with Crippen molar-refractivity contribution >= 4 is 27.6 Å². The van der Waals surface area contributed by atoms with Crippen LogP contribution < -0.4 is 0 Å². The van der Waals surface area contributed by atoms with Gasteiger partial charge in [-0.05, 0) is 24.3 Å². The second-order valence-corrected chi connectivity index (χ2v) is 6.62. The van der Waals surface area contributed by atoms with Crippen molar-refractivity contribution in [2.75, 3.05) is 0 Å². The van der Waals surface area contributed by atoms with E-state index < -0.39 is 0 Å². The van der Waals surface area contributed by atoms with E-state index in [1.165, 1.54) is 5.39 Å². The van der Waals surface area contributed by atoms with Crippen LogP contribution in [-0.2, 0) is 0 Å². The molecule has 1 aromatic heterocycles. The standard InChI is InChI=1S/C25H17NO/c27-25(18-9-3-1-4-10-18)19-15-16-22-21-13-7-8-14-23(21)26(24(22)17-19)20-11-5-2-6-12-20/h1-17H. The van der Waals surface area contributed by atoms with Crippen molar-refractivity contribution in [1.82, 2.24) is 4.57 Å². The van der Waals surface area contributed by atoms with E-state index in [4.69, 9.17) is 0 Å². The maximum absolute atomic E-state index is 12.9. The summed E-state index contributed by atoms with van der Waals surface area (Å²) in [5.41, 5.74) is 4.69. The number of aromatic nitrogens is 1. The fourth-order valence-electron chi connectivity index (χ4n) is 3.72. The van der Waals surface area contributed by atoms with Gasteiger partial charge >= 0.3 is 0 Å². The van der Waals surface area contributed by atoms with Gasteiger partial charge in [0.15, 0.2) is 5.78 Å². The topological polar surface area (TPSA) is 22.0 Å². The predicted octanol–water partition coefficient (Wildman–Crippen LogP) is 6.01. The summed E-state index contributed by atoms with van der Waals surface area (Å²) in [5, 5.41) is 2.34. The minimum atomic E-state index is 0.0439. The molecular formula is C25H17NO. The van der Waals surface area contributed by atoms with Crippen LogP contribution in [0.25, 0.3) is 27.5 Å². The van der Waals surface area contributed by atoms with E-state index in [-0.39, 0.29) is 5.78 Å². The molecule has 0 atom stereocenters. The molecule has 0 aliphatic rings. The highest BCUT2D eigenvalue weighted by atomic mass is 16.1. The minimum Gasteiger partial charge on any atom is -0.309 e. The molecule has 0 radical (unpaired) electrons. The number of nitrogens with zero attached hydrogens (tertiary/aromatic N) is 1. The number of fused-ring (bicyclic) bond motifs is 3. The first-order valence-electron chi connectivity index (χ1n) is 9.01. The highest BCUT2D eigenvalue weighted by Crippen LogP contribution is 2.32. The Balaban J connectivity index is 1.80. The maximum atomic E-state index is 12.9. The van der Waals surface area contributed by atoms with E-state index >= 15 is 0 Å². The molecule has 0 aliphatic carbocycles. The Labute approximate surface area is 157 Å². The molecule has 2 heteroatoms. The number of hydrogen-bond donors (Lipinski definition) is 0. The molecule has 1 heterocycles. The third-order valence-electron chi connectivity index (χ3n) is 4.99. The lowest BCUT2D eigenvalue weighted by molar-refractivity contribution is 0.103. The molecule has 128 valence electrons. The first-order chi connectivity index (χ1) is 13.3. The second kappa shape index (κ2) is 6.26. The third-order valence-corrected chi connectivity index (χ3v) is 4.99. The van der Waals surface area contributed by atoms with Crippen molar-refractivity contribution in [3.05, 3.63) is 114 Å². The van der Waals surface area contributed by atoms with Crippen molar-refractivity contribution in [1.29, 1.82) is 0 Å². The highest BCUT2D eigenvalue weighted by Gasteiger charge is 2.15. The van der Waals surface area contributed by atoms with Gasteiger partial charge < -0.3 is 4.57 Å². The number of ketones is 1. The van der Waals surface area contributed by atoms with Gasteiger partial charge in [-0.2, -0.15) is 0 Å². The van der Waals surface area contributed by atoms with Gasteiger partial charge in [-0.1, -0.05) is 78.9 Å². The number of benzene rings is 4. The maximum Gasteiger partial charge on any atom is 0.193 e. The fraction of sp³-hybridized carbons (Fsp3) is 0. The van der Waals surface area contributed by atoms with Crippen molar-refractivity contribution in [2.45, 2.75) is 0 Å². The first-order valence-corrected chi connectivity index (χ1v) is 9.01. The Kier molecular flexibility index (Phi) is 3.61. The smallest absolute Gasteiger partial charge is 0.193 e. The van der Waals surface area contributed by atoms with Gasteiger partial charge in [-0.3, -0.25) is 4.79 Å². The molecule has 27 heavy (non-hydrogen) atoms. The molecule has 0 bridgehead atoms. The van der Waals surface area contributed by atoms with Crippen molar-refractivity contribution < 1.29 is 4.79 Å². The quantitative estimate of drug-likeness (QED) is 0.366. The average molecular weight is 347 g/mol. The zero-order valence-electron chi connectivity index (χ0n) is 14.7. The molecule has 0 unspecified atom stereocenters. The number of para-hydroxylation sites is 2. The number of rotatable bonds is 3. The summed E-state index contributed by atoms with van der Waals surface area (Å²) < 4.78 is 2.23. The Morgan fingerprint density at radius 3 is 1.96 bits per heavy atom. The summed E-state index contributed by atoms with van der Waals surface area (Å²) in [6, 6.07) is 34.1. The van der Waals surface area contributed by atoms with Crippen LogP contribution in [0.3, 0.4) is 0 Å². The highest BCUT2D eigenvalue weighted by molar-refractivity contribution is 6.14. The summed E-state index contributed by atoms with van der Waals surface area (Å²) in [7, 11) is 0. The van der Waals surface area contributed by atoms with Crippen molar-refractivity contribution in [2.24, 2.45) is 0 Å². The summed E-state index contributed by atoms with van der Waals surface area (Å²) in [6.45, 7) is 0. The molecule has 0 aliphatic heterocycles. The van der Waals surface area contributed by atoms with Gasteiger partial charge in [-0.15, -0.1) is 0 Å². The van der Waals surface area contributed by atoms with Crippen LogP contribution in [-0.4, -0.2) is 10.4 Å². The number of hydrogen-bond acceptors (Lipinski definition) is 1. The molecule has 5 rings (SSSR count). The Bertz CT molecular complexity index is 1270. The molecule has 0 N–H and O–H groups in total. The van der Waals surface area contributed by atoms with Crippen molar-refractivity contribution in [3.63, 3.8) is 0 Å². The molecule has 0 fully saturated rings. The van der Waals surface area contributed by atoms with Crippen LogP contribution in [0, 0.1) is 0 Å². The summed E-state index contributed by atoms with van der Waals surface area (Å²) in [5.74, 6) is 0.0439. The molecule has 0 saturated carbocycles. The van der Waals surface area contributed by atoms with Crippen LogP contribution in [0.15, 0.2) is 103 Å². The van der Waals surface area contributed by atoms with Crippen LogP contribution >= 0.6 is 0 Å². The lowest BCUT2D eigenvalue weighted by atomic mass is 10.0. The molecule has 5 aromatic rings. The Morgan fingerprint density at radius 2 is 1.19 bits per heavy atom. The zero-order chi connectivity index (χ0) is 18.2.